The number of methoxy groups -OCH3 is 1. The summed E-state index contributed by atoms with van der Waals surface area (Å²) in [5.41, 5.74) is -0.461. The fraction of sp³-hybridized carbons (Fsp3) is 0.535. The Hall–Kier alpha value is -3.27. The summed E-state index contributed by atoms with van der Waals surface area (Å²) in [5.74, 6) is -1.01. The molecule has 0 fully saturated rings. The fourth-order valence-electron chi connectivity index (χ4n) is 7.18. The molecule has 0 spiro atoms. The summed E-state index contributed by atoms with van der Waals surface area (Å²) in [6.45, 7) is 19.9. The molecule has 2 atom stereocenters. The Morgan fingerprint density at radius 1 is 0.769 bits per heavy atom. The maximum Gasteiger partial charge on any atom is 0.316 e. The van der Waals surface area contributed by atoms with Gasteiger partial charge in [-0.05, 0) is 78.9 Å². The molecule has 0 aliphatic carbocycles. The van der Waals surface area contributed by atoms with Gasteiger partial charge in [0.15, 0.2) is 9.84 Å². The van der Waals surface area contributed by atoms with Crippen LogP contribution in [0.5, 0.6) is 0 Å². The smallest absolute Gasteiger partial charge is 0.316 e. The molecule has 0 bridgehead atoms. The number of hydrogen-bond acceptors (Lipinski definition) is 7. The Morgan fingerprint density at radius 3 is 1.83 bits per heavy atom. The Labute approximate surface area is 314 Å². The zero-order valence-electron chi connectivity index (χ0n) is 33.4. The molecule has 3 rings (SSSR count). The Kier molecular flexibility index (Phi) is 14.3. The molecule has 0 aliphatic rings. The van der Waals surface area contributed by atoms with Gasteiger partial charge >= 0.3 is 11.9 Å². The van der Waals surface area contributed by atoms with E-state index in [1.807, 2.05) is 109 Å². The van der Waals surface area contributed by atoms with Crippen molar-refractivity contribution in [3.8, 4) is 0 Å². The lowest BCUT2D eigenvalue weighted by Gasteiger charge is -2.43. The van der Waals surface area contributed by atoms with Crippen LogP contribution in [0.15, 0.2) is 84.9 Å². The maximum atomic E-state index is 13.8. The number of hydrogen-bond donors (Lipinski definition) is 0. The first kappa shape index (κ1) is 43.1. The van der Waals surface area contributed by atoms with E-state index in [-0.39, 0.29) is 41.0 Å². The summed E-state index contributed by atoms with van der Waals surface area (Å²) in [6.07, 6.45) is 2.16. The molecule has 3 aromatic rings. The zero-order chi connectivity index (χ0) is 39.0. The Morgan fingerprint density at radius 2 is 1.33 bits per heavy atom. The van der Waals surface area contributed by atoms with Gasteiger partial charge in [-0.15, -0.1) is 0 Å². The molecule has 0 N–H and O–H groups in total. The molecule has 0 saturated carbocycles. The molecule has 286 valence electrons. The van der Waals surface area contributed by atoms with Gasteiger partial charge in [0.2, 0.25) is 0 Å². The van der Waals surface area contributed by atoms with Crippen LogP contribution in [0.1, 0.15) is 99.6 Å². The second-order valence-corrected chi connectivity index (χ2v) is 23.8. The Balaban J connectivity index is 1.77. The minimum absolute atomic E-state index is 0.00810. The van der Waals surface area contributed by atoms with Crippen molar-refractivity contribution in [2.24, 2.45) is 11.3 Å². The molecule has 0 saturated heterocycles. The molecule has 0 aromatic heterocycles. The molecule has 0 aliphatic heterocycles. The molecule has 7 nitrogen and oxygen atoms in total. The lowest BCUT2D eigenvalue weighted by atomic mass is 9.75. The van der Waals surface area contributed by atoms with Gasteiger partial charge in [0.1, 0.15) is 5.60 Å². The third kappa shape index (κ3) is 11.4. The Bertz CT molecular complexity index is 1680. The van der Waals surface area contributed by atoms with E-state index in [0.717, 1.165) is 21.5 Å². The van der Waals surface area contributed by atoms with E-state index < -0.39 is 34.6 Å². The molecule has 9 heteroatoms. The van der Waals surface area contributed by atoms with Crippen LogP contribution in [0.25, 0.3) is 0 Å². The van der Waals surface area contributed by atoms with Crippen molar-refractivity contribution in [2.75, 3.05) is 25.2 Å². The first-order valence-corrected chi connectivity index (χ1v) is 22.1. The van der Waals surface area contributed by atoms with Crippen LogP contribution in [0.2, 0.25) is 5.04 Å². The van der Waals surface area contributed by atoms with Crippen molar-refractivity contribution >= 4 is 40.5 Å². The molecular formula is C43H62O7SSi. The van der Waals surface area contributed by atoms with Gasteiger partial charge in [-0.3, -0.25) is 9.59 Å². The van der Waals surface area contributed by atoms with Crippen LogP contribution in [0.4, 0.5) is 0 Å². The van der Waals surface area contributed by atoms with Crippen molar-refractivity contribution < 1.29 is 31.9 Å². The van der Waals surface area contributed by atoms with Gasteiger partial charge in [-0.2, -0.15) is 0 Å². The van der Waals surface area contributed by atoms with Crippen molar-refractivity contribution in [3.63, 3.8) is 0 Å². The van der Waals surface area contributed by atoms with E-state index in [2.05, 4.69) is 45.0 Å². The van der Waals surface area contributed by atoms with E-state index in [1.165, 1.54) is 7.11 Å². The molecule has 1 unspecified atom stereocenters. The predicted octanol–water partition coefficient (Wildman–Crippen LogP) is 7.83. The quantitative estimate of drug-likeness (QED) is 0.103. The molecule has 0 radical (unpaired) electrons. The summed E-state index contributed by atoms with van der Waals surface area (Å²) in [4.78, 5) is 25.9. The molecular weight excluding hydrogens is 689 g/mol. The number of benzene rings is 3. The zero-order valence-corrected chi connectivity index (χ0v) is 35.2. The highest BCUT2D eigenvalue weighted by molar-refractivity contribution is 7.91. The predicted molar refractivity (Wildman–Crippen MR) is 214 cm³/mol. The van der Waals surface area contributed by atoms with Crippen LogP contribution >= 0.6 is 0 Å². The molecule has 52 heavy (non-hydrogen) atoms. The fourth-order valence-corrected chi connectivity index (χ4v) is 13.7. The summed E-state index contributed by atoms with van der Waals surface area (Å²) in [5, 5.41) is 1.98. The average molecular weight is 751 g/mol. The van der Waals surface area contributed by atoms with Gasteiger partial charge in [-0.25, -0.2) is 8.42 Å². The van der Waals surface area contributed by atoms with E-state index in [9.17, 15) is 18.0 Å². The van der Waals surface area contributed by atoms with Gasteiger partial charge in [0.05, 0.1) is 29.9 Å². The van der Waals surface area contributed by atoms with E-state index in [4.69, 9.17) is 13.9 Å². The van der Waals surface area contributed by atoms with Crippen molar-refractivity contribution in [2.45, 2.75) is 111 Å². The standard InChI is InChI=1S/C43H62O7SSi/c1-33(38(44)48-11)30-34-20-18-21-35(31-34)43(10,39(45)50-40(2,3)4)27-19-26-42(8,9)32-51(46,47)29-28-49-52(41(5,6)7,36-22-14-12-15-23-36)37-24-16-13-17-25-37/h12-18,20-25,31,33H,19,26-30,32H2,1-11H3/t33-,43?/m0/s1. The van der Waals surface area contributed by atoms with E-state index in [0.29, 0.717) is 25.7 Å². The van der Waals surface area contributed by atoms with Crippen LogP contribution in [0, 0.1) is 11.3 Å². The van der Waals surface area contributed by atoms with Crippen LogP contribution in [0.3, 0.4) is 0 Å². The lowest BCUT2D eigenvalue weighted by Crippen LogP contribution is -2.66. The van der Waals surface area contributed by atoms with Crippen molar-refractivity contribution in [3.05, 3.63) is 96.1 Å². The number of esters is 2. The molecule has 3 aromatic carbocycles. The molecule has 0 amide bonds. The van der Waals surface area contributed by atoms with Crippen molar-refractivity contribution in [1.29, 1.82) is 0 Å². The SMILES string of the molecule is COC(=O)[C@@H](C)Cc1cccc(C(C)(CCCC(C)(C)CS(=O)(=O)CCO[Si](c2ccccc2)(c2ccccc2)C(C)(C)C)C(=O)OC(C)(C)C)c1. The second-order valence-electron chi connectivity index (χ2n) is 17.3. The topological polar surface area (TPSA) is 96.0 Å². The number of carbonyl (C=O) groups excluding carboxylic acids is 2. The number of rotatable bonds is 17. The first-order chi connectivity index (χ1) is 24.1. The van der Waals surface area contributed by atoms with Gasteiger partial charge in [0.25, 0.3) is 8.32 Å². The number of sulfone groups is 1. The average Bonchev–Trinajstić information content (AvgIpc) is 3.05. The second kappa shape index (κ2) is 17.2. The van der Waals surface area contributed by atoms with Crippen LogP contribution in [-0.4, -0.2) is 59.5 Å². The van der Waals surface area contributed by atoms with Gasteiger partial charge in [0, 0.05) is 6.61 Å². The highest BCUT2D eigenvalue weighted by Gasteiger charge is 2.50. The largest absolute Gasteiger partial charge is 0.469 e. The van der Waals surface area contributed by atoms with Crippen LogP contribution in [-0.2, 0) is 45.2 Å². The normalized spacial score (nSPS) is 14.7. The maximum absolute atomic E-state index is 13.8. The monoisotopic (exact) mass is 750 g/mol. The lowest BCUT2D eigenvalue weighted by molar-refractivity contribution is -0.162. The highest BCUT2D eigenvalue weighted by Crippen LogP contribution is 2.38. The summed E-state index contributed by atoms with van der Waals surface area (Å²) in [6, 6.07) is 28.2. The minimum atomic E-state index is -3.49. The third-order valence-corrected chi connectivity index (χ3v) is 16.9. The highest BCUT2D eigenvalue weighted by atomic mass is 32.2. The van der Waals surface area contributed by atoms with E-state index in [1.54, 1.807) is 0 Å². The third-order valence-electron chi connectivity index (χ3n) is 9.83. The number of carbonyl (C=O) groups is 2. The number of ether oxygens (including phenoxy) is 2. The van der Waals surface area contributed by atoms with E-state index >= 15 is 0 Å². The summed E-state index contributed by atoms with van der Waals surface area (Å²) >= 11 is 0. The summed E-state index contributed by atoms with van der Waals surface area (Å²) < 4.78 is 45.2. The van der Waals surface area contributed by atoms with Crippen LogP contribution < -0.4 is 10.4 Å². The van der Waals surface area contributed by atoms with Crippen molar-refractivity contribution in [1.82, 2.24) is 0 Å². The van der Waals surface area contributed by atoms with Gasteiger partial charge < -0.3 is 13.9 Å². The first-order valence-electron chi connectivity index (χ1n) is 18.4. The van der Waals surface area contributed by atoms with Gasteiger partial charge in [-0.1, -0.05) is 133 Å². The summed E-state index contributed by atoms with van der Waals surface area (Å²) in [7, 11) is -4.97. The molecule has 0 heterocycles. The minimum Gasteiger partial charge on any atom is -0.469 e.